The number of pyridine rings is 1. The summed E-state index contributed by atoms with van der Waals surface area (Å²) in [5, 5.41) is 18.3. The number of nitrogens with two attached hydrogens (primary N) is 2. The Morgan fingerprint density at radius 1 is 1.09 bits per heavy atom. The van der Waals surface area contributed by atoms with Crippen molar-refractivity contribution in [2.45, 2.75) is 33.2 Å². The second-order valence-corrected chi connectivity index (χ2v) is 7.47. The van der Waals surface area contributed by atoms with Gasteiger partial charge >= 0.3 is 0 Å². The third-order valence-corrected chi connectivity index (χ3v) is 5.03. The highest BCUT2D eigenvalue weighted by Crippen LogP contribution is 2.34. The smallest absolute Gasteiger partial charge is 0.147 e. The second-order valence-electron chi connectivity index (χ2n) is 7.47. The molecule has 1 atom stereocenters. The maximum absolute atomic E-state index is 14.7. The molecule has 7 N–H and O–H groups in total. The summed E-state index contributed by atoms with van der Waals surface area (Å²) in [6, 6.07) is 14.3. The Labute approximate surface area is 186 Å². The molecule has 166 valence electrons. The van der Waals surface area contributed by atoms with E-state index in [2.05, 4.69) is 10.3 Å². The molecule has 0 bridgehead atoms. The Balaban J connectivity index is 1.81. The zero-order chi connectivity index (χ0) is 23.3. The maximum atomic E-state index is 14.7. The predicted molar refractivity (Wildman–Crippen MR) is 125 cm³/mol. The van der Waals surface area contributed by atoms with Crippen LogP contribution in [0.2, 0.25) is 0 Å². The molecule has 32 heavy (non-hydrogen) atoms. The molecule has 0 saturated heterocycles. The molecule has 3 rings (SSSR count). The molecule has 0 amide bonds. The average molecular weight is 435 g/mol. The van der Waals surface area contributed by atoms with Gasteiger partial charge in [0.1, 0.15) is 30.2 Å². The highest BCUT2D eigenvalue weighted by atomic mass is 19.1. The number of alkyl halides is 1. The van der Waals surface area contributed by atoms with Gasteiger partial charge in [-0.2, -0.15) is 0 Å². The lowest BCUT2D eigenvalue weighted by atomic mass is 10.0. The summed E-state index contributed by atoms with van der Waals surface area (Å²) in [4.78, 5) is 4.40. The molecule has 0 aliphatic rings. The van der Waals surface area contributed by atoms with Gasteiger partial charge in [0, 0.05) is 35.1 Å². The van der Waals surface area contributed by atoms with Crippen LogP contribution in [0.1, 0.15) is 46.6 Å². The van der Waals surface area contributed by atoms with Gasteiger partial charge in [-0.1, -0.05) is 18.2 Å². The van der Waals surface area contributed by atoms with E-state index < -0.39 is 6.17 Å². The van der Waals surface area contributed by atoms with E-state index in [1.807, 2.05) is 18.2 Å². The van der Waals surface area contributed by atoms with Crippen molar-refractivity contribution in [3.63, 3.8) is 0 Å². The number of hydrogen-bond acceptors (Lipinski definition) is 5. The lowest BCUT2D eigenvalue weighted by Gasteiger charge is -2.19. The normalized spacial score (nSPS) is 11.6. The van der Waals surface area contributed by atoms with E-state index in [1.54, 1.807) is 43.5 Å². The number of benzene rings is 2. The number of nitrogens with zero attached hydrogens (tertiary/aromatic N) is 1. The Hall–Kier alpha value is -3.94. The number of hydrogen-bond donors (Lipinski definition) is 5. The minimum absolute atomic E-state index is 0.00320. The number of anilines is 1. The lowest BCUT2D eigenvalue weighted by Crippen LogP contribution is -2.12. The van der Waals surface area contributed by atoms with Crippen molar-refractivity contribution >= 4 is 17.4 Å². The molecule has 0 spiro atoms. The molecule has 7 nitrogen and oxygen atoms in total. The van der Waals surface area contributed by atoms with E-state index >= 15 is 0 Å². The Kier molecular flexibility index (Phi) is 7.04. The van der Waals surface area contributed by atoms with E-state index in [0.717, 1.165) is 11.3 Å². The SMILES string of the molecule is Cc1ncc(CNc2ccc(C(=N)N)cc2)c(C(C)F)c1OCc1cccc(C(=N)N)c1. The molecular formula is C24H27FN6O. The zero-order valence-corrected chi connectivity index (χ0v) is 18.1. The molecule has 1 heterocycles. The first-order valence-electron chi connectivity index (χ1n) is 10.1. The van der Waals surface area contributed by atoms with Crippen molar-refractivity contribution in [2.24, 2.45) is 11.5 Å². The average Bonchev–Trinajstić information content (AvgIpc) is 2.77. The number of amidine groups is 2. The van der Waals surface area contributed by atoms with Gasteiger partial charge in [-0.25, -0.2) is 4.39 Å². The summed E-state index contributed by atoms with van der Waals surface area (Å²) in [6.07, 6.45) is 0.396. The fourth-order valence-electron chi connectivity index (χ4n) is 3.35. The van der Waals surface area contributed by atoms with Gasteiger partial charge in [-0.3, -0.25) is 15.8 Å². The molecule has 8 heteroatoms. The Bertz CT molecular complexity index is 1130. The maximum Gasteiger partial charge on any atom is 0.147 e. The number of aryl methyl sites for hydroxylation is 1. The molecule has 0 radical (unpaired) electrons. The van der Waals surface area contributed by atoms with Crippen molar-refractivity contribution in [1.29, 1.82) is 10.8 Å². The van der Waals surface area contributed by atoms with Crippen molar-refractivity contribution in [3.05, 3.63) is 88.2 Å². The number of halogens is 1. The summed E-state index contributed by atoms with van der Waals surface area (Å²) in [5.41, 5.74) is 15.7. The minimum Gasteiger partial charge on any atom is -0.487 e. The molecule has 1 unspecified atom stereocenters. The van der Waals surface area contributed by atoms with Gasteiger partial charge in [0.05, 0.1) is 5.69 Å². The first-order valence-corrected chi connectivity index (χ1v) is 10.1. The monoisotopic (exact) mass is 434 g/mol. The topological polar surface area (TPSA) is 134 Å². The minimum atomic E-state index is -1.26. The fraction of sp³-hybridized carbons (Fsp3) is 0.208. The Morgan fingerprint density at radius 3 is 2.41 bits per heavy atom. The van der Waals surface area contributed by atoms with Gasteiger partial charge < -0.3 is 21.5 Å². The van der Waals surface area contributed by atoms with Crippen molar-refractivity contribution in [1.82, 2.24) is 4.98 Å². The van der Waals surface area contributed by atoms with Crippen LogP contribution >= 0.6 is 0 Å². The van der Waals surface area contributed by atoms with E-state index in [1.165, 1.54) is 6.92 Å². The first kappa shape index (κ1) is 22.7. The quantitative estimate of drug-likeness (QED) is 0.254. The molecule has 1 aromatic heterocycles. The van der Waals surface area contributed by atoms with Crippen LogP contribution < -0.4 is 21.5 Å². The molecule has 0 fully saturated rings. The van der Waals surface area contributed by atoms with Gasteiger partial charge in [0.15, 0.2) is 0 Å². The number of ether oxygens (including phenoxy) is 1. The summed E-state index contributed by atoms with van der Waals surface area (Å²) < 4.78 is 20.7. The van der Waals surface area contributed by atoms with E-state index in [0.29, 0.717) is 40.2 Å². The predicted octanol–water partition coefficient (Wildman–Crippen LogP) is 4.18. The molecule has 2 aromatic carbocycles. The van der Waals surface area contributed by atoms with Crippen LogP contribution in [-0.4, -0.2) is 16.7 Å². The number of nitrogens with one attached hydrogen (secondary N) is 3. The molecular weight excluding hydrogens is 407 g/mol. The molecule has 0 aliphatic heterocycles. The van der Waals surface area contributed by atoms with Gasteiger partial charge in [0.25, 0.3) is 0 Å². The summed E-state index contributed by atoms with van der Waals surface area (Å²) in [5.74, 6) is 0.398. The molecule has 3 aromatic rings. The third kappa shape index (κ3) is 5.40. The van der Waals surface area contributed by atoms with E-state index in [-0.39, 0.29) is 18.3 Å². The van der Waals surface area contributed by atoms with Crippen LogP contribution in [-0.2, 0) is 13.2 Å². The van der Waals surface area contributed by atoms with Crippen LogP contribution in [0.5, 0.6) is 5.75 Å². The standard InChI is InChI=1S/C24H27FN6O/c1-14(25)21-19(12-31-20-8-6-17(7-9-20)23(26)27)11-30-15(2)22(21)32-13-16-4-3-5-18(10-16)24(28)29/h3-11,14,31H,12-13H2,1-2H3,(H3,26,27)(H3,28,29). The highest BCUT2D eigenvalue weighted by Gasteiger charge is 2.19. The van der Waals surface area contributed by atoms with Crippen LogP contribution in [0, 0.1) is 17.7 Å². The zero-order valence-electron chi connectivity index (χ0n) is 18.1. The Morgan fingerprint density at radius 2 is 1.78 bits per heavy atom. The lowest BCUT2D eigenvalue weighted by molar-refractivity contribution is 0.283. The fourth-order valence-corrected chi connectivity index (χ4v) is 3.35. The number of rotatable bonds is 9. The summed E-state index contributed by atoms with van der Waals surface area (Å²) >= 11 is 0. The van der Waals surface area contributed by atoms with Gasteiger partial charge in [-0.15, -0.1) is 0 Å². The van der Waals surface area contributed by atoms with Crippen LogP contribution in [0.4, 0.5) is 10.1 Å². The molecule has 0 aliphatic carbocycles. The third-order valence-electron chi connectivity index (χ3n) is 5.03. The van der Waals surface area contributed by atoms with Crippen LogP contribution in [0.3, 0.4) is 0 Å². The highest BCUT2D eigenvalue weighted by molar-refractivity contribution is 5.95. The van der Waals surface area contributed by atoms with Crippen LogP contribution in [0.15, 0.2) is 54.7 Å². The largest absolute Gasteiger partial charge is 0.487 e. The van der Waals surface area contributed by atoms with Crippen LogP contribution in [0.25, 0.3) is 0 Å². The van der Waals surface area contributed by atoms with Crippen molar-refractivity contribution in [3.8, 4) is 5.75 Å². The van der Waals surface area contributed by atoms with E-state index in [9.17, 15) is 4.39 Å². The first-order chi connectivity index (χ1) is 15.3. The number of aromatic nitrogens is 1. The van der Waals surface area contributed by atoms with Gasteiger partial charge in [0.2, 0.25) is 0 Å². The van der Waals surface area contributed by atoms with Gasteiger partial charge in [-0.05, 0) is 55.3 Å². The number of nitrogen functional groups attached to an aromatic ring is 2. The molecule has 0 saturated carbocycles. The summed E-state index contributed by atoms with van der Waals surface area (Å²) in [7, 11) is 0. The van der Waals surface area contributed by atoms with Crippen molar-refractivity contribution < 1.29 is 9.13 Å². The van der Waals surface area contributed by atoms with Crippen molar-refractivity contribution in [2.75, 3.05) is 5.32 Å². The van der Waals surface area contributed by atoms with E-state index in [4.69, 9.17) is 27.0 Å². The second kappa shape index (κ2) is 9.91. The summed E-state index contributed by atoms with van der Waals surface area (Å²) in [6.45, 7) is 3.81.